The Kier molecular flexibility index (Phi) is 6.83. The van der Waals surface area contributed by atoms with Gasteiger partial charge in [-0.1, -0.05) is 18.2 Å². The number of aryl methyl sites for hydroxylation is 1. The van der Waals surface area contributed by atoms with Gasteiger partial charge in [0.1, 0.15) is 5.01 Å². The quantitative estimate of drug-likeness (QED) is 0.667. The standard InChI is InChI=1S/C18H22F3N3O2S/c1-13-12-27-16(23-13)17(26,18(19,20)21)11-15(25)22-9-6-10-24(2)14-7-4-3-5-8-14/h3-5,7-8,12,26H,6,9-11H2,1-2H3,(H,22,25). The van der Waals surface area contributed by atoms with E-state index in [0.717, 1.165) is 5.69 Å². The van der Waals surface area contributed by atoms with Crippen LogP contribution in [0.3, 0.4) is 0 Å². The Morgan fingerprint density at radius 1 is 1.30 bits per heavy atom. The van der Waals surface area contributed by atoms with Crippen LogP contribution in [0.4, 0.5) is 18.9 Å². The molecule has 1 amide bonds. The molecule has 9 heteroatoms. The second-order valence-electron chi connectivity index (χ2n) is 6.29. The lowest BCUT2D eigenvalue weighted by Gasteiger charge is -2.28. The summed E-state index contributed by atoms with van der Waals surface area (Å²) in [5, 5.41) is 13.5. The van der Waals surface area contributed by atoms with Crippen LogP contribution >= 0.6 is 11.3 Å². The van der Waals surface area contributed by atoms with Gasteiger partial charge >= 0.3 is 6.18 Å². The monoisotopic (exact) mass is 401 g/mol. The van der Waals surface area contributed by atoms with Crippen molar-refractivity contribution < 1.29 is 23.1 Å². The number of aromatic nitrogens is 1. The van der Waals surface area contributed by atoms with Crippen LogP contribution in [0.15, 0.2) is 35.7 Å². The maximum absolute atomic E-state index is 13.4. The summed E-state index contributed by atoms with van der Waals surface area (Å²) in [6, 6.07) is 9.61. The van der Waals surface area contributed by atoms with Gasteiger partial charge < -0.3 is 15.3 Å². The molecule has 2 N–H and O–H groups in total. The number of carbonyl (C=O) groups excluding carboxylic acids is 1. The average molecular weight is 401 g/mol. The largest absolute Gasteiger partial charge is 0.424 e. The van der Waals surface area contributed by atoms with Crippen LogP contribution in [0.25, 0.3) is 0 Å². The topological polar surface area (TPSA) is 65.5 Å². The first kappa shape index (κ1) is 21.2. The molecular formula is C18H22F3N3O2S. The highest BCUT2D eigenvalue weighted by Gasteiger charge is 2.58. The van der Waals surface area contributed by atoms with Crippen LogP contribution in [-0.2, 0) is 10.4 Å². The Balaban J connectivity index is 1.87. The van der Waals surface area contributed by atoms with Crippen molar-refractivity contribution in [3.63, 3.8) is 0 Å². The molecule has 1 aromatic heterocycles. The molecule has 0 bridgehead atoms. The number of thiazole rings is 1. The molecule has 0 fully saturated rings. The Morgan fingerprint density at radius 3 is 2.52 bits per heavy atom. The van der Waals surface area contributed by atoms with E-state index in [1.165, 1.54) is 12.3 Å². The van der Waals surface area contributed by atoms with Gasteiger partial charge in [-0.05, 0) is 25.5 Å². The number of nitrogens with zero attached hydrogens (tertiary/aromatic N) is 2. The Hall–Kier alpha value is -2.13. The predicted molar refractivity (Wildman–Crippen MR) is 98.8 cm³/mol. The number of hydrogen-bond acceptors (Lipinski definition) is 5. The third kappa shape index (κ3) is 5.43. The van der Waals surface area contributed by atoms with Crippen LogP contribution in [0.1, 0.15) is 23.5 Å². The minimum atomic E-state index is -5.00. The smallest absolute Gasteiger partial charge is 0.375 e. The van der Waals surface area contributed by atoms with E-state index in [9.17, 15) is 23.1 Å². The van der Waals surface area contributed by atoms with Gasteiger partial charge in [-0.2, -0.15) is 13.2 Å². The molecule has 2 aromatic rings. The van der Waals surface area contributed by atoms with E-state index >= 15 is 0 Å². The molecule has 148 valence electrons. The van der Waals surface area contributed by atoms with E-state index in [1.54, 1.807) is 0 Å². The molecule has 1 aromatic carbocycles. The van der Waals surface area contributed by atoms with E-state index in [4.69, 9.17) is 0 Å². The first-order valence-corrected chi connectivity index (χ1v) is 9.26. The molecule has 0 aliphatic rings. The average Bonchev–Trinajstić information content (AvgIpc) is 3.05. The maximum atomic E-state index is 13.4. The molecule has 1 heterocycles. The fourth-order valence-electron chi connectivity index (χ4n) is 2.49. The molecule has 0 spiro atoms. The molecule has 2 rings (SSSR count). The summed E-state index contributed by atoms with van der Waals surface area (Å²) in [6.07, 6.45) is -5.56. The Bertz CT molecular complexity index is 752. The van der Waals surface area contributed by atoms with E-state index < -0.39 is 29.1 Å². The highest BCUT2D eigenvalue weighted by molar-refractivity contribution is 7.09. The van der Waals surface area contributed by atoms with Gasteiger partial charge in [0.25, 0.3) is 0 Å². The molecule has 0 radical (unpaired) electrons. The number of hydrogen-bond donors (Lipinski definition) is 2. The van der Waals surface area contributed by atoms with Crippen molar-refractivity contribution in [3.8, 4) is 0 Å². The molecule has 0 saturated carbocycles. The minimum absolute atomic E-state index is 0.209. The number of benzene rings is 1. The lowest BCUT2D eigenvalue weighted by molar-refractivity contribution is -0.267. The minimum Gasteiger partial charge on any atom is -0.375 e. The summed E-state index contributed by atoms with van der Waals surface area (Å²) < 4.78 is 40.1. The van der Waals surface area contributed by atoms with Gasteiger partial charge in [0, 0.05) is 36.9 Å². The predicted octanol–water partition coefficient (Wildman–Crippen LogP) is 3.23. The van der Waals surface area contributed by atoms with Crippen molar-refractivity contribution in [1.29, 1.82) is 0 Å². The zero-order valence-electron chi connectivity index (χ0n) is 15.1. The summed E-state index contributed by atoms with van der Waals surface area (Å²) in [5.74, 6) is -0.870. The summed E-state index contributed by atoms with van der Waals surface area (Å²) >= 11 is 0.687. The van der Waals surface area contributed by atoms with E-state index in [0.29, 0.717) is 30.0 Å². The van der Waals surface area contributed by atoms with E-state index in [1.807, 2.05) is 42.3 Å². The lowest BCUT2D eigenvalue weighted by atomic mass is 9.99. The molecule has 5 nitrogen and oxygen atoms in total. The molecule has 1 atom stereocenters. The third-order valence-corrected chi connectivity index (χ3v) is 5.16. The number of anilines is 1. The third-order valence-electron chi connectivity index (χ3n) is 4.05. The fraction of sp³-hybridized carbons (Fsp3) is 0.444. The summed E-state index contributed by atoms with van der Waals surface area (Å²) in [4.78, 5) is 17.7. The van der Waals surface area contributed by atoms with Crippen molar-refractivity contribution >= 4 is 22.9 Å². The number of nitrogens with one attached hydrogen (secondary N) is 1. The molecule has 1 unspecified atom stereocenters. The van der Waals surface area contributed by atoms with Gasteiger partial charge in [-0.3, -0.25) is 4.79 Å². The lowest BCUT2D eigenvalue weighted by Crippen LogP contribution is -2.46. The first-order chi connectivity index (χ1) is 12.6. The molecular weight excluding hydrogens is 379 g/mol. The Labute approximate surface area is 159 Å². The molecule has 27 heavy (non-hydrogen) atoms. The maximum Gasteiger partial charge on any atom is 0.424 e. The normalized spacial score (nSPS) is 13.9. The van der Waals surface area contributed by atoms with Gasteiger partial charge in [0.15, 0.2) is 0 Å². The van der Waals surface area contributed by atoms with E-state index in [2.05, 4.69) is 10.3 Å². The van der Waals surface area contributed by atoms with Crippen LogP contribution in [0, 0.1) is 6.92 Å². The van der Waals surface area contributed by atoms with Crippen molar-refractivity contribution in [2.45, 2.75) is 31.5 Å². The number of aliphatic hydroxyl groups is 1. The van der Waals surface area contributed by atoms with Crippen LogP contribution in [0.2, 0.25) is 0 Å². The number of amides is 1. The number of carbonyl (C=O) groups is 1. The van der Waals surface area contributed by atoms with Gasteiger partial charge in [-0.15, -0.1) is 11.3 Å². The first-order valence-electron chi connectivity index (χ1n) is 8.38. The van der Waals surface area contributed by atoms with Crippen molar-refractivity contribution in [2.24, 2.45) is 0 Å². The number of alkyl halides is 3. The number of rotatable bonds is 8. The van der Waals surface area contributed by atoms with Crippen molar-refractivity contribution in [3.05, 3.63) is 46.4 Å². The zero-order chi connectivity index (χ0) is 20.1. The van der Waals surface area contributed by atoms with Gasteiger partial charge in [-0.25, -0.2) is 4.98 Å². The molecule has 0 aliphatic carbocycles. The number of halogens is 3. The second-order valence-corrected chi connectivity index (χ2v) is 7.15. The second kappa shape index (κ2) is 8.71. The highest BCUT2D eigenvalue weighted by Crippen LogP contribution is 2.42. The van der Waals surface area contributed by atoms with Crippen molar-refractivity contribution in [2.75, 3.05) is 25.0 Å². The van der Waals surface area contributed by atoms with Gasteiger partial charge in [0.05, 0.1) is 6.42 Å². The molecule has 0 saturated heterocycles. The van der Waals surface area contributed by atoms with Crippen LogP contribution < -0.4 is 10.2 Å². The van der Waals surface area contributed by atoms with Gasteiger partial charge in [0.2, 0.25) is 11.5 Å². The van der Waals surface area contributed by atoms with E-state index in [-0.39, 0.29) is 6.54 Å². The van der Waals surface area contributed by atoms with Crippen LogP contribution in [0.5, 0.6) is 0 Å². The highest BCUT2D eigenvalue weighted by atomic mass is 32.1. The fourth-order valence-corrected chi connectivity index (χ4v) is 3.41. The molecule has 0 aliphatic heterocycles. The van der Waals surface area contributed by atoms with Crippen molar-refractivity contribution in [1.82, 2.24) is 10.3 Å². The summed E-state index contributed by atoms with van der Waals surface area (Å²) in [6.45, 7) is 2.36. The summed E-state index contributed by atoms with van der Waals surface area (Å²) in [7, 11) is 1.89. The van der Waals surface area contributed by atoms with Crippen LogP contribution in [-0.4, -0.2) is 42.3 Å². The Morgan fingerprint density at radius 2 is 1.96 bits per heavy atom. The number of para-hydroxylation sites is 1. The summed E-state index contributed by atoms with van der Waals surface area (Å²) in [5.41, 5.74) is -1.91. The SMILES string of the molecule is Cc1csc(C(O)(CC(=O)NCCCN(C)c2ccccc2)C(F)(F)F)n1. The zero-order valence-corrected chi connectivity index (χ0v) is 15.9.